The maximum Gasteiger partial charge on any atom is 0.408 e. The van der Waals surface area contributed by atoms with Gasteiger partial charge in [0.15, 0.2) is 0 Å². The first-order valence-electron chi connectivity index (χ1n) is 9.37. The van der Waals surface area contributed by atoms with Gasteiger partial charge in [-0.1, -0.05) is 48.6 Å². The fourth-order valence-electron chi connectivity index (χ4n) is 3.09. The van der Waals surface area contributed by atoms with Gasteiger partial charge in [0.05, 0.1) is 19.8 Å². The van der Waals surface area contributed by atoms with Crippen LogP contribution < -0.4 is 10.1 Å². The largest absolute Gasteiger partial charge is 0.497 e. The molecule has 1 amide bonds. The topological polar surface area (TPSA) is 56.8 Å². The lowest BCUT2D eigenvalue weighted by Gasteiger charge is -2.31. The van der Waals surface area contributed by atoms with Crippen LogP contribution in [-0.2, 0) is 16.1 Å². The van der Waals surface area contributed by atoms with Crippen molar-refractivity contribution >= 4 is 12.2 Å². The predicted octanol–water partition coefficient (Wildman–Crippen LogP) is 4.87. The second kappa shape index (κ2) is 8.48. The van der Waals surface area contributed by atoms with Gasteiger partial charge in [-0.05, 0) is 49.6 Å². The Labute approximate surface area is 166 Å². The summed E-state index contributed by atoms with van der Waals surface area (Å²) in [6, 6.07) is 15.4. The molecule has 0 aliphatic heterocycles. The van der Waals surface area contributed by atoms with E-state index in [-0.39, 0.29) is 12.1 Å². The highest BCUT2D eigenvalue weighted by molar-refractivity contribution is 5.70. The molecule has 3 rings (SSSR count). The van der Waals surface area contributed by atoms with Crippen molar-refractivity contribution in [3.05, 3.63) is 71.3 Å². The monoisotopic (exact) mass is 381 g/mol. The molecule has 0 saturated heterocycles. The van der Waals surface area contributed by atoms with Gasteiger partial charge in [0.25, 0.3) is 0 Å². The lowest BCUT2D eigenvalue weighted by Crippen LogP contribution is -2.41. The normalized spacial score (nSPS) is 18.3. The number of amides is 1. The van der Waals surface area contributed by atoms with Gasteiger partial charge in [0.1, 0.15) is 17.5 Å². The maximum atomic E-state index is 12.4. The van der Waals surface area contributed by atoms with Gasteiger partial charge in [-0.25, -0.2) is 4.79 Å². The highest BCUT2D eigenvalue weighted by Gasteiger charge is 2.30. The Morgan fingerprint density at radius 3 is 2.46 bits per heavy atom. The molecule has 0 fully saturated rings. The van der Waals surface area contributed by atoms with E-state index in [1.165, 1.54) is 0 Å². The molecule has 5 nitrogen and oxygen atoms in total. The van der Waals surface area contributed by atoms with Crippen LogP contribution in [0, 0.1) is 0 Å². The molecule has 0 saturated carbocycles. The first-order chi connectivity index (χ1) is 13.4. The minimum absolute atomic E-state index is 0.301. The fraction of sp³-hybridized carbons (Fsp3) is 0.348. The van der Waals surface area contributed by atoms with Crippen molar-refractivity contribution in [3.8, 4) is 5.75 Å². The molecule has 2 aromatic carbocycles. The second-order valence-electron chi connectivity index (χ2n) is 7.74. The molecule has 1 aliphatic rings. The highest BCUT2D eigenvalue weighted by atomic mass is 16.6. The molecular formula is C23H27NO4. The molecule has 0 bridgehead atoms. The number of rotatable bonds is 5. The van der Waals surface area contributed by atoms with Crippen LogP contribution in [0.2, 0.25) is 0 Å². The van der Waals surface area contributed by atoms with Gasteiger partial charge in [0.2, 0.25) is 0 Å². The van der Waals surface area contributed by atoms with Gasteiger partial charge in [-0.2, -0.15) is 0 Å². The van der Waals surface area contributed by atoms with Crippen LogP contribution in [0.15, 0.2) is 54.6 Å². The van der Waals surface area contributed by atoms with Crippen LogP contribution in [0.3, 0.4) is 0 Å². The van der Waals surface area contributed by atoms with Gasteiger partial charge >= 0.3 is 6.09 Å². The van der Waals surface area contributed by atoms with E-state index in [4.69, 9.17) is 14.2 Å². The first-order valence-corrected chi connectivity index (χ1v) is 9.37. The summed E-state index contributed by atoms with van der Waals surface area (Å²) in [5.74, 6) is 0.805. The highest BCUT2D eigenvalue weighted by Crippen LogP contribution is 2.31. The minimum Gasteiger partial charge on any atom is -0.497 e. The summed E-state index contributed by atoms with van der Waals surface area (Å²) >= 11 is 0. The van der Waals surface area contributed by atoms with Crippen LogP contribution in [0.1, 0.15) is 43.5 Å². The van der Waals surface area contributed by atoms with Crippen molar-refractivity contribution in [2.45, 2.75) is 45.1 Å². The van der Waals surface area contributed by atoms with Crippen LogP contribution >= 0.6 is 0 Å². The molecule has 1 N–H and O–H groups in total. The van der Waals surface area contributed by atoms with E-state index in [9.17, 15) is 4.79 Å². The fourth-order valence-corrected chi connectivity index (χ4v) is 3.09. The first kappa shape index (κ1) is 20.0. The Bertz CT molecular complexity index is 836. The van der Waals surface area contributed by atoms with Crippen LogP contribution in [-0.4, -0.2) is 24.9 Å². The number of methoxy groups -OCH3 is 1. The molecule has 0 aromatic heterocycles. The molecule has 0 heterocycles. The second-order valence-corrected chi connectivity index (χ2v) is 7.74. The van der Waals surface area contributed by atoms with E-state index in [0.717, 1.165) is 22.4 Å². The van der Waals surface area contributed by atoms with Gasteiger partial charge in [-0.15, -0.1) is 0 Å². The van der Waals surface area contributed by atoms with Crippen LogP contribution in [0.25, 0.3) is 6.08 Å². The van der Waals surface area contributed by atoms with Crippen molar-refractivity contribution in [2.75, 3.05) is 7.11 Å². The van der Waals surface area contributed by atoms with Crippen molar-refractivity contribution in [2.24, 2.45) is 0 Å². The number of carbonyl (C=O) groups is 1. The van der Waals surface area contributed by atoms with Crippen molar-refractivity contribution in [1.29, 1.82) is 0 Å². The van der Waals surface area contributed by atoms with Gasteiger partial charge in [0, 0.05) is 0 Å². The van der Waals surface area contributed by atoms with E-state index < -0.39 is 11.7 Å². The maximum absolute atomic E-state index is 12.4. The number of alkyl carbamates (subject to hydrolysis) is 1. The zero-order chi connectivity index (χ0) is 20.1. The Morgan fingerprint density at radius 1 is 1.07 bits per heavy atom. The van der Waals surface area contributed by atoms with Gasteiger partial charge < -0.3 is 19.5 Å². The lowest BCUT2D eigenvalue weighted by molar-refractivity contribution is 0.0256. The average molecular weight is 381 g/mol. The Kier molecular flexibility index (Phi) is 6.05. The third kappa shape index (κ3) is 5.14. The van der Waals surface area contributed by atoms with Crippen molar-refractivity contribution in [1.82, 2.24) is 5.32 Å². The van der Waals surface area contributed by atoms with Gasteiger partial charge in [-0.3, -0.25) is 0 Å². The smallest absolute Gasteiger partial charge is 0.408 e. The molecule has 0 radical (unpaired) electrons. The lowest BCUT2D eigenvalue weighted by atomic mass is 9.91. The quantitative estimate of drug-likeness (QED) is 0.802. The number of benzene rings is 2. The summed E-state index contributed by atoms with van der Waals surface area (Å²) < 4.78 is 16.8. The molecular weight excluding hydrogens is 354 g/mol. The summed E-state index contributed by atoms with van der Waals surface area (Å²) in [6.45, 7) is 5.96. The number of nitrogens with one attached hydrogen (secondary N) is 1. The molecule has 1 aliphatic carbocycles. The predicted molar refractivity (Wildman–Crippen MR) is 109 cm³/mol. The van der Waals surface area contributed by atoms with Crippen molar-refractivity contribution in [3.63, 3.8) is 0 Å². The molecule has 148 valence electrons. The molecule has 2 aromatic rings. The SMILES string of the molecule is COc1ccc(CO[C@H]2C=Cc3ccccc3[C@@H]2NC(=O)OC(C)(C)C)cc1. The summed E-state index contributed by atoms with van der Waals surface area (Å²) in [6.07, 6.45) is 3.25. The average Bonchev–Trinajstić information content (AvgIpc) is 2.66. The van der Waals surface area contributed by atoms with E-state index >= 15 is 0 Å². The Balaban J connectivity index is 1.75. The van der Waals surface area contributed by atoms with E-state index in [2.05, 4.69) is 5.32 Å². The Hall–Kier alpha value is -2.79. The molecule has 0 spiro atoms. The Morgan fingerprint density at radius 2 is 1.79 bits per heavy atom. The zero-order valence-corrected chi connectivity index (χ0v) is 16.8. The van der Waals surface area contributed by atoms with Crippen LogP contribution in [0.4, 0.5) is 4.79 Å². The summed E-state index contributed by atoms with van der Waals surface area (Å²) in [5, 5.41) is 2.98. The molecule has 2 atom stereocenters. The third-order valence-corrected chi connectivity index (χ3v) is 4.40. The molecule has 5 heteroatoms. The molecule has 28 heavy (non-hydrogen) atoms. The number of hydrogen-bond donors (Lipinski definition) is 1. The van der Waals surface area contributed by atoms with Crippen LogP contribution in [0.5, 0.6) is 5.75 Å². The zero-order valence-electron chi connectivity index (χ0n) is 16.8. The number of ether oxygens (including phenoxy) is 3. The number of carbonyl (C=O) groups excluding carboxylic acids is 1. The molecule has 0 unspecified atom stereocenters. The summed E-state index contributed by atoms with van der Waals surface area (Å²) in [4.78, 5) is 12.4. The number of hydrogen-bond acceptors (Lipinski definition) is 4. The van der Waals surface area contributed by atoms with E-state index in [1.807, 2.05) is 81.5 Å². The minimum atomic E-state index is -0.562. The van der Waals surface area contributed by atoms with E-state index in [1.54, 1.807) is 7.11 Å². The standard InChI is InChI=1S/C23H27NO4/c1-23(2,3)28-22(25)24-21-19-8-6-5-7-17(19)11-14-20(21)27-15-16-9-12-18(26-4)13-10-16/h5-14,20-21H,15H2,1-4H3,(H,24,25)/t20-,21-/m0/s1. The van der Waals surface area contributed by atoms with E-state index in [0.29, 0.717) is 6.61 Å². The summed E-state index contributed by atoms with van der Waals surface area (Å²) in [5.41, 5.74) is 2.54. The third-order valence-electron chi connectivity index (χ3n) is 4.40. The number of fused-ring (bicyclic) bond motifs is 1. The summed E-state index contributed by atoms with van der Waals surface area (Å²) in [7, 11) is 1.64. The van der Waals surface area contributed by atoms with Crippen molar-refractivity contribution < 1.29 is 19.0 Å².